The van der Waals surface area contributed by atoms with Crippen LogP contribution in [0.25, 0.3) is 0 Å². The summed E-state index contributed by atoms with van der Waals surface area (Å²) in [7, 11) is -8.71. The third-order valence-corrected chi connectivity index (χ3v) is 6.35. The van der Waals surface area contributed by atoms with Gasteiger partial charge in [-0.25, -0.2) is 9.13 Å². The summed E-state index contributed by atoms with van der Waals surface area (Å²) in [4.78, 5) is 8.96. The fourth-order valence-electron chi connectivity index (χ4n) is 2.15. The van der Waals surface area contributed by atoms with Gasteiger partial charge in [0.05, 0.1) is 6.61 Å². The molecule has 1 fully saturated rings. The quantitative estimate of drug-likeness (QED) is 0.279. The average molecular weight is 374 g/mol. The monoisotopic (exact) mass is 374 g/mol. The lowest BCUT2D eigenvalue weighted by Crippen LogP contribution is -2.08. The molecule has 1 aliphatic heterocycles. The van der Waals surface area contributed by atoms with Crippen molar-refractivity contribution in [3.05, 3.63) is 0 Å². The van der Waals surface area contributed by atoms with Crippen LogP contribution in [0.3, 0.4) is 0 Å². The summed E-state index contributed by atoms with van der Waals surface area (Å²) in [6.07, 6.45) is 10.1. The van der Waals surface area contributed by atoms with Crippen molar-refractivity contribution in [1.82, 2.24) is 0 Å². The van der Waals surface area contributed by atoms with Crippen LogP contribution in [0.15, 0.2) is 0 Å². The SMILES string of the molecule is CCC(C)CCCCCCCCCOP1(=O)OOOP(=O)(O)O1. The van der Waals surface area contributed by atoms with Gasteiger partial charge < -0.3 is 4.89 Å². The molecule has 8 nitrogen and oxygen atoms in total. The summed E-state index contributed by atoms with van der Waals surface area (Å²) >= 11 is 0. The van der Waals surface area contributed by atoms with Gasteiger partial charge in [-0.3, -0.25) is 4.52 Å². The molecule has 0 radical (unpaired) electrons. The molecule has 1 rings (SSSR count). The smallest absolute Gasteiger partial charge is 0.301 e. The van der Waals surface area contributed by atoms with E-state index in [1.54, 1.807) is 0 Å². The highest BCUT2D eigenvalue weighted by Gasteiger charge is 2.45. The standard InChI is InChI=1S/C13H28O8P2/c1-3-13(2)11-9-7-5-4-6-8-10-12-17-23(16)20-18-19-22(14,15)21-23/h13H,3-12H2,1-2H3,(H,14,15). The van der Waals surface area contributed by atoms with Gasteiger partial charge in [0.2, 0.25) is 0 Å². The summed E-state index contributed by atoms with van der Waals surface area (Å²) < 4.78 is 39.8. The Morgan fingerprint density at radius 3 is 2.22 bits per heavy atom. The zero-order chi connectivity index (χ0) is 17.2. The lowest BCUT2D eigenvalue weighted by atomic mass is 10.00. The Morgan fingerprint density at radius 1 is 1.00 bits per heavy atom. The molecule has 0 spiro atoms. The number of hydrogen-bond donors (Lipinski definition) is 1. The molecule has 1 heterocycles. The first-order valence-corrected chi connectivity index (χ1v) is 11.2. The van der Waals surface area contributed by atoms with Crippen molar-refractivity contribution >= 4 is 15.6 Å². The molecule has 3 atom stereocenters. The van der Waals surface area contributed by atoms with Crippen molar-refractivity contribution in [2.75, 3.05) is 6.61 Å². The van der Waals surface area contributed by atoms with Crippen molar-refractivity contribution in [1.29, 1.82) is 0 Å². The van der Waals surface area contributed by atoms with E-state index >= 15 is 0 Å². The van der Waals surface area contributed by atoms with Crippen LogP contribution in [0.4, 0.5) is 0 Å². The maximum atomic E-state index is 11.7. The molecule has 138 valence electrons. The molecule has 3 unspecified atom stereocenters. The molecule has 0 aliphatic carbocycles. The summed E-state index contributed by atoms with van der Waals surface area (Å²) in [6, 6.07) is 0. The highest BCUT2D eigenvalue weighted by molar-refractivity contribution is 7.61. The van der Waals surface area contributed by atoms with Gasteiger partial charge in [-0.1, -0.05) is 74.6 Å². The Bertz CT molecular complexity index is 417. The lowest BCUT2D eigenvalue weighted by molar-refractivity contribution is -0.437. The highest BCUT2D eigenvalue weighted by atomic mass is 31.3. The van der Waals surface area contributed by atoms with Gasteiger partial charge >= 0.3 is 15.6 Å². The van der Waals surface area contributed by atoms with Crippen molar-refractivity contribution in [2.45, 2.75) is 71.6 Å². The van der Waals surface area contributed by atoms with Crippen molar-refractivity contribution < 1.29 is 37.2 Å². The highest BCUT2D eigenvalue weighted by Crippen LogP contribution is 2.67. The minimum absolute atomic E-state index is 0.0919. The van der Waals surface area contributed by atoms with Crippen LogP contribution in [0.1, 0.15) is 71.6 Å². The van der Waals surface area contributed by atoms with Crippen LogP contribution in [0, 0.1) is 5.92 Å². The second-order valence-electron chi connectivity index (χ2n) is 5.82. The average Bonchev–Trinajstić information content (AvgIpc) is 2.47. The van der Waals surface area contributed by atoms with E-state index in [1.807, 2.05) is 0 Å². The predicted octanol–water partition coefficient (Wildman–Crippen LogP) is 5.29. The van der Waals surface area contributed by atoms with E-state index in [9.17, 15) is 9.13 Å². The van der Waals surface area contributed by atoms with Crippen LogP contribution >= 0.6 is 15.6 Å². The number of phosphoric acid groups is 2. The topological polar surface area (TPSA) is 101 Å². The normalized spacial score (nSPS) is 29.5. The van der Waals surface area contributed by atoms with Gasteiger partial charge in [-0.05, 0) is 17.4 Å². The fourth-order valence-corrected chi connectivity index (χ4v) is 4.22. The second-order valence-corrected chi connectivity index (χ2v) is 8.87. The first-order chi connectivity index (χ1) is 10.9. The molecule has 0 amide bonds. The van der Waals surface area contributed by atoms with Crippen molar-refractivity contribution in [2.24, 2.45) is 5.92 Å². The van der Waals surface area contributed by atoms with Gasteiger partial charge in [0.1, 0.15) is 0 Å². The van der Waals surface area contributed by atoms with E-state index in [2.05, 4.69) is 32.5 Å². The molecule has 0 aromatic rings. The van der Waals surface area contributed by atoms with E-state index in [4.69, 9.17) is 9.42 Å². The van der Waals surface area contributed by atoms with E-state index in [-0.39, 0.29) is 6.61 Å². The summed E-state index contributed by atoms with van der Waals surface area (Å²) in [5.41, 5.74) is 0. The fraction of sp³-hybridized carbons (Fsp3) is 1.00. The number of rotatable bonds is 12. The van der Waals surface area contributed by atoms with Crippen LogP contribution in [-0.2, 0) is 32.4 Å². The zero-order valence-electron chi connectivity index (χ0n) is 13.8. The Balaban J connectivity index is 1.95. The minimum Gasteiger partial charge on any atom is -0.301 e. The molecule has 1 N–H and O–H groups in total. The molecule has 0 bridgehead atoms. The number of unbranched alkanes of at least 4 members (excludes halogenated alkanes) is 6. The maximum Gasteiger partial charge on any atom is 0.513 e. The predicted molar refractivity (Wildman–Crippen MR) is 84.1 cm³/mol. The Kier molecular flexibility index (Phi) is 10.1. The molecular weight excluding hydrogens is 346 g/mol. The summed E-state index contributed by atoms with van der Waals surface area (Å²) in [5.74, 6) is 0.822. The largest absolute Gasteiger partial charge is 0.513 e. The Labute approximate surface area is 137 Å². The van der Waals surface area contributed by atoms with Crippen LogP contribution in [-0.4, -0.2) is 11.5 Å². The van der Waals surface area contributed by atoms with Crippen LogP contribution in [0.2, 0.25) is 0 Å². The third kappa shape index (κ3) is 9.95. The van der Waals surface area contributed by atoms with Gasteiger partial charge in [0, 0.05) is 0 Å². The Hall–Kier alpha value is 0.220. The second kappa shape index (κ2) is 11.0. The van der Waals surface area contributed by atoms with Gasteiger partial charge in [0.25, 0.3) is 0 Å². The van der Waals surface area contributed by atoms with E-state index < -0.39 is 15.6 Å². The van der Waals surface area contributed by atoms with Crippen molar-refractivity contribution in [3.8, 4) is 0 Å². The molecular formula is C13H28O8P2. The first-order valence-electron chi connectivity index (χ1n) is 8.20. The molecule has 1 saturated heterocycles. The summed E-state index contributed by atoms with van der Waals surface area (Å²) in [6.45, 7) is 4.61. The third-order valence-electron chi connectivity index (χ3n) is 3.74. The molecule has 23 heavy (non-hydrogen) atoms. The Morgan fingerprint density at radius 2 is 1.61 bits per heavy atom. The van der Waals surface area contributed by atoms with Gasteiger partial charge in [-0.15, -0.1) is 0 Å². The first kappa shape index (κ1) is 21.3. The van der Waals surface area contributed by atoms with Crippen LogP contribution in [0.5, 0.6) is 0 Å². The molecule has 1 aliphatic rings. The molecule has 10 heteroatoms. The molecule has 0 saturated carbocycles. The minimum atomic E-state index is -4.53. The van der Waals surface area contributed by atoms with Gasteiger partial charge in [-0.2, -0.15) is 4.31 Å². The van der Waals surface area contributed by atoms with E-state index in [1.165, 1.54) is 32.1 Å². The van der Waals surface area contributed by atoms with E-state index in [0.29, 0.717) is 6.42 Å². The zero-order valence-corrected chi connectivity index (χ0v) is 15.6. The van der Waals surface area contributed by atoms with Crippen molar-refractivity contribution in [3.63, 3.8) is 0 Å². The summed E-state index contributed by atoms with van der Waals surface area (Å²) in [5, 5.41) is 3.83. The molecule has 0 aromatic heterocycles. The maximum absolute atomic E-state index is 11.7. The molecule has 0 aromatic carbocycles. The van der Waals surface area contributed by atoms with Gasteiger partial charge in [0.15, 0.2) is 0 Å². The lowest BCUT2D eigenvalue weighted by Gasteiger charge is -2.21. The number of hydrogen-bond acceptors (Lipinski definition) is 7. The van der Waals surface area contributed by atoms with E-state index in [0.717, 1.165) is 25.2 Å². The van der Waals surface area contributed by atoms with Crippen LogP contribution < -0.4 is 0 Å².